The van der Waals surface area contributed by atoms with E-state index in [1.54, 1.807) is 0 Å². The summed E-state index contributed by atoms with van der Waals surface area (Å²) in [5, 5.41) is 2.87. The molecule has 0 bridgehead atoms. The lowest BCUT2D eigenvalue weighted by atomic mass is 10.0. The molecule has 1 amide bonds. The quantitative estimate of drug-likeness (QED) is 0.622. The SMILES string of the molecule is Nc1cc2c(c3c1CCC3)NC(=O)CO2. The zero-order valence-corrected chi connectivity index (χ0v) is 8.30. The Morgan fingerprint density at radius 2 is 2.13 bits per heavy atom. The van der Waals surface area contributed by atoms with Crippen molar-refractivity contribution >= 4 is 17.3 Å². The molecule has 15 heavy (non-hydrogen) atoms. The lowest BCUT2D eigenvalue weighted by Gasteiger charge is -2.21. The van der Waals surface area contributed by atoms with Crippen molar-refractivity contribution in [3.63, 3.8) is 0 Å². The van der Waals surface area contributed by atoms with Gasteiger partial charge in [-0.1, -0.05) is 0 Å². The minimum Gasteiger partial charge on any atom is -0.481 e. The van der Waals surface area contributed by atoms with Crippen LogP contribution < -0.4 is 15.8 Å². The maximum absolute atomic E-state index is 11.2. The topological polar surface area (TPSA) is 64.3 Å². The van der Waals surface area contributed by atoms with Gasteiger partial charge < -0.3 is 15.8 Å². The van der Waals surface area contributed by atoms with Gasteiger partial charge in [0.1, 0.15) is 5.75 Å². The summed E-state index contributed by atoms with van der Waals surface area (Å²) in [5.41, 5.74) is 9.91. The van der Waals surface area contributed by atoms with E-state index in [-0.39, 0.29) is 12.5 Å². The maximum Gasteiger partial charge on any atom is 0.262 e. The number of fused-ring (bicyclic) bond motifs is 3. The van der Waals surface area contributed by atoms with E-state index in [0.29, 0.717) is 5.75 Å². The minimum absolute atomic E-state index is 0.0821. The molecule has 4 heteroatoms. The summed E-state index contributed by atoms with van der Waals surface area (Å²) in [6.07, 6.45) is 3.09. The highest BCUT2D eigenvalue weighted by Crippen LogP contribution is 2.41. The van der Waals surface area contributed by atoms with Gasteiger partial charge in [-0.15, -0.1) is 0 Å². The first kappa shape index (κ1) is 8.59. The summed E-state index contributed by atoms with van der Waals surface area (Å²) in [6.45, 7) is 0.0885. The highest BCUT2D eigenvalue weighted by molar-refractivity contribution is 5.97. The van der Waals surface area contributed by atoms with Crippen molar-refractivity contribution in [2.45, 2.75) is 19.3 Å². The van der Waals surface area contributed by atoms with Crippen molar-refractivity contribution < 1.29 is 9.53 Å². The molecule has 3 N–H and O–H groups in total. The molecule has 0 atom stereocenters. The maximum atomic E-state index is 11.2. The molecule has 4 nitrogen and oxygen atoms in total. The van der Waals surface area contributed by atoms with Crippen LogP contribution in [0.1, 0.15) is 17.5 Å². The normalized spacial score (nSPS) is 17.7. The second-order valence-electron chi connectivity index (χ2n) is 3.99. The predicted molar refractivity (Wildman–Crippen MR) is 57.0 cm³/mol. The standard InChI is InChI=1S/C11H12N2O2/c12-8-4-9-11(13-10(14)5-15-9)7-3-1-2-6(7)8/h4H,1-3,5,12H2,(H,13,14). The van der Waals surface area contributed by atoms with Crippen LogP contribution in [0.2, 0.25) is 0 Å². The van der Waals surface area contributed by atoms with E-state index in [2.05, 4.69) is 5.32 Å². The van der Waals surface area contributed by atoms with Crippen LogP contribution >= 0.6 is 0 Å². The average Bonchev–Trinajstić information content (AvgIpc) is 2.69. The lowest BCUT2D eigenvalue weighted by molar-refractivity contribution is -0.118. The van der Waals surface area contributed by atoms with Gasteiger partial charge in [0.15, 0.2) is 6.61 Å². The fraction of sp³-hybridized carbons (Fsp3) is 0.364. The van der Waals surface area contributed by atoms with Gasteiger partial charge in [0.2, 0.25) is 0 Å². The third kappa shape index (κ3) is 1.17. The second-order valence-corrected chi connectivity index (χ2v) is 3.99. The van der Waals surface area contributed by atoms with E-state index in [0.717, 1.165) is 36.2 Å². The molecule has 0 fully saturated rings. The van der Waals surface area contributed by atoms with Crippen LogP contribution in [-0.2, 0) is 17.6 Å². The lowest BCUT2D eigenvalue weighted by Crippen LogP contribution is -2.26. The Kier molecular flexibility index (Phi) is 1.65. The highest BCUT2D eigenvalue weighted by atomic mass is 16.5. The van der Waals surface area contributed by atoms with Crippen molar-refractivity contribution in [2.24, 2.45) is 0 Å². The number of benzene rings is 1. The monoisotopic (exact) mass is 204 g/mol. The molecule has 0 unspecified atom stereocenters. The molecule has 0 saturated carbocycles. The number of amides is 1. The second kappa shape index (κ2) is 2.89. The summed E-state index contributed by atoms with van der Waals surface area (Å²) in [4.78, 5) is 11.2. The molecule has 1 aromatic carbocycles. The molecule has 1 aliphatic heterocycles. The van der Waals surface area contributed by atoms with E-state index < -0.39 is 0 Å². The summed E-state index contributed by atoms with van der Waals surface area (Å²) >= 11 is 0. The van der Waals surface area contributed by atoms with Crippen LogP contribution in [0, 0.1) is 0 Å². The number of nitrogen functional groups attached to an aromatic ring is 1. The van der Waals surface area contributed by atoms with Gasteiger partial charge in [0.05, 0.1) is 5.69 Å². The van der Waals surface area contributed by atoms with Gasteiger partial charge >= 0.3 is 0 Å². The first-order valence-electron chi connectivity index (χ1n) is 5.12. The number of hydrogen-bond acceptors (Lipinski definition) is 3. The Labute approximate surface area is 87.4 Å². The molecule has 2 aliphatic rings. The molecule has 0 saturated heterocycles. The molecular formula is C11H12N2O2. The predicted octanol–water partition coefficient (Wildman–Crippen LogP) is 1.09. The Morgan fingerprint density at radius 1 is 1.33 bits per heavy atom. The van der Waals surface area contributed by atoms with Crippen molar-refractivity contribution in [1.29, 1.82) is 0 Å². The summed E-state index contributed by atoms with van der Waals surface area (Å²) in [7, 11) is 0. The van der Waals surface area contributed by atoms with Crippen LogP contribution in [0.25, 0.3) is 0 Å². The van der Waals surface area contributed by atoms with E-state index in [1.807, 2.05) is 6.07 Å². The van der Waals surface area contributed by atoms with Crippen molar-refractivity contribution in [1.82, 2.24) is 0 Å². The fourth-order valence-electron chi connectivity index (χ4n) is 2.36. The fourth-order valence-corrected chi connectivity index (χ4v) is 2.36. The van der Waals surface area contributed by atoms with E-state index >= 15 is 0 Å². The molecule has 0 spiro atoms. The van der Waals surface area contributed by atoms with Gasteiger partial charge in [0, 0.05) is 11.8 Å². The van der Waals surface area contributed by atoms with Crippen LogP contribution in [0.4, 0.5) is 11.4 Å². The number of nitrogens with two attached hydrogens (primary N) is 1. The number of hydrogen-bond donors (Lipinski definition) is 2. The first-order chi connectivity index (χ1) is 7.25. The largest absolute Gasteiger partial charge is 0.481 e. The number of anilines is 2. The Morgan fingerprint density at radius 3 is 3.00 bits per heavy atom. The molecule has 3 rings (SSSR count). The number of nitrogens with one attached hydrogen (secondary N) is 1. The third-order valence-corrected chi connectivity index (χ3v) is 3.02. The number of ether oxygens (including phenoxy) is 1. The molecule has 1 heterocycles. The first-order valence-corrected chi connectivity index (χ1v) is 5.12. The summed E-state index contributed by atoms with van der Waals surface area (Å²) in [5.74, 6) is 0.633. The Bertz CT molecular complexity index is 454. The van der Waals surface area contributed by atoms with Gasteiger partial charge in [-0.2, -0.15) is 0 Å². The molecule has 0 radical (unpaired) electrons. The van der Waals surface area contributed by atoms with Gasteiger partial charge in [-0.25, -0.2) is 0 Å². The Hall–Kier alpha value is -1.71. The van der Waals surface area contributed by atoms with Crippen LogP contribution in [-0.4, -0.2) is 12.5 Å². The van der Waals surface area contributed by atoms with Crippen molar-refractivity contribution in [2.75, 3.05) is 17.7 Å². The third-order valence-electron chi connectivity index (χ3n) is 3.02. The van der Waals surface area contributed by atoms with Crippen LogP contribution in [0.15, 0.2) is 6.07 Å². The summed E-state index contributed by atoms with van der Waals surface area (Å²) < 4.78 is 5.35. The minimum atomic E-state index is -0.0821. The number of carbonyl (C=O) groups is 1. The summed E-state index contributed by atoms with van der Waals surface area (Å²) in [6, 6.07) is 1.82. The molecule has 0 aromatic heterocycles. The molecular weight excluding hydrogens is 192 g/mol. The Balaban J connectivity index is 2.21. The zero-order chi connectivity index (χ0) is 10.4. The van der Waals surface area contributed by atoms with E-state index in [4.69, 9.17) is 10.5 Å². The number of carbonyl (C=O) groups excluding carboxylic acids is 1. The zero-order valence-electron chi connectivity index (χ0n) is 8.30. The number of rotatable bonds is 0. The average molecular weight is 204 g/mol. The van der Waals surface area contributed by atoms with Gasteiger partial charge in [-0.05, 0) is 30.4 Å². The van der Waals surface area contributed by atoms with Gasteiger partial charge in [0.25, 0.3) is 5.91 Å². The van der Waals surface area contributed by atoms with Crippen molar-refractivity contribution in [3.8, 4) is 5.75 Å². The van der Waals surface area contributed by atoms with E-state index in [9.17, 15) is 4.79 Å². The van der Waals surface area contributed by atoms with Crippen molar-refractivity contribution in [3.05, 3.63) is 17.2 Å². The van der Waals surface area contributed by atoms with Crippen LogP contribution in [0.5, 0.6) is 5.75 Å². The van der Waals surface area contributed by atoms with Crippen LogP contribution in [0.3, 0.4) is 0 Å². The van der Waals surface area contributed by atoms with E-state index in [1.165, 1.54) is 5.56 Å². The van der Waals surface area contributed by atoms with Gasteiger partial charge in [-0.3, -0.25) is 4.79 Å². The molecule has 1 aromatic rings. The highest BCUT2D eigenvalue weighted by Gasteiger charge is 2.25. The molecule has 1 aliphatic carbocycles. The smallest absolute Gasteiger partial charge is 0.262 e. The molecule has 78 valence electrons.